The number of hydrogen-bond donors (Lipinski definition) is 1. The topological polar surface area (TPSA) is 89.3 Å². The van der Waals surface area contributed by atoms with E-state index in [9.17, 15) is 18.5 Å². The summed E-state index contributed by atoms with van der Waals surface area (Å²) in [4.78, 5) is 10.5. The van der Waals surface area contributed by atoms with Gasteiger partial charge in [-0.1, -0.05) is 18.2 Å². The predicted octanol–water partition coefficient (Wildman–Crippen LogP) is 5.48. The summed E-state index contributed by atoms with van der Waals surface area (Å²) in [7, 11) is -3.93. The molecule has 4 aliphatic rings. The van der Waals surface area contributed by atoms with Gasteiger partial charge < -0.3 is 0 Å². The fourth-order valence-corrected chi connectivity index (χ4v) is 8.16. The zero-order valence-corrected chi connectivity index (χ0v) is 18.7. The monoisotopic (exact) mass is 440 g/mol. The molecule has 31 heavy (non-hydrogen) atoms. The molecule has 4 aliphatic carbocycles. The van der Waals surface area contributed by atoms with Crippen LogP contribution in [-0.2, 0) is 15.4 Å². The molecule has 4 bridgehead atoms. The number of rotatable bonds is 5. The van der Waals surface area contributed by atoms with Crippen molar-refractivity contribution in [1.82, 2.24) is 0 Å². The molecule has 6 nitrogen and oxygen atoms in total. The number of nitro groups is 1. The summed E-state index contributed by atoms with van der Waals surface area (Å²) in [5, 5.41) is 11.1. The van der Waals surface area contributed by atoms with Gasteiger partial charge >= 0.3 is 0 Å². The lowest BCUT2D eigenvalue weighted by Gasteiger charge is -2.57. The van der Waals surface area contributed by atoms with Crippen molar-refractivity contribution in [3.8, 4) is 0 Å². The van der Waals surface area contributed by atoms with Crippen molar-refractivity contribution < 1.29 is 13.3 Å². The second-order valence-electron chi connectivity index (χ2n) is 10.0. The van der Waals surface area contributed by atoms with Crippen molar-refractivity contribution in [3.05, 3.63) is 63.2 Å². The Morgan fingerprint density at radius 1 is 0.935 bits per heavy atom. The maximum absolute atomic E-state index is 13.0. The van der Waals surface area contributed by atoms with Crippen LogP contribution in [0.3, 0.4) is 0 Å². The molecule has 0 unspecified atom stereocenters. The molecule has 0 atom stereocenters. The van der Waals surface area contributed by atoms with E-state index >= 15 is 0 Å². The molecule has 7 heteroatoms. The van der Waals surface area contributed by atoms with Crippen LogP contribution in [-0.4, -0.2) is 13.3 Å². The van der Waals surface area contributed by atoms with Crippen molar-refractivity contribution in [3.63, 3.8) is 0 Å². The Labute approximate surface area is 183 Å². The fourth-order valence-electron chi connectivity index (χ4n) is 6.76. The number of non-ortho nitro benzene ring substituents is 1. The molecular weight excluding hydrogens is 412 g/mol. The van der Waals surface area contributed by atoms with Crippen LogP contribution in [0.15, 0.2) is 41.3 Å². The summed E-state index contributed by atoms with van der Waals surface area (Å²) >= 11 is 0. The molecule has 0 aromatic heterocycles. The van der Waals surface area contributed by atoms with Gasteiger partial charge in [0.15, 0.2) is 0 Å². The highest BCUT2D eigenvalue weighted by molar-refractivity contribution is 7.92. The van der Waals surface area contributed by atoms with Gasteiger partial charge in [0.2, 0.25) is 0 Å². The summed E-state index contributed by atoms with van der Waals surface area (Å²) in [6, 6.07) is 10.0. The number of aryl methyl sites for hydroxylation is 2. The van der Waals surface area contributed by atoms with Gasteiger partial charge in [-0.2, -0.15) is 0 Å². The molecule has 0 amide bonds. The van der Waals surface area contributed by atoms with Gasteiger partial charge in [-0.25, -0.2) is 8.42 Å². The first-order chi connectivity index (χ1) is 14.6. The maximum Gasteiger partial charge on any atom is 0.270 e. The van der Waals surface area contributed by atoms with Crippen LogP contribution in [0.4, 0.5) is 11.4 Å². The maximum atomic E-state index is 13.0. The van der Waals surface area contributed by atoms with E-state index in [1.807, 2.05) is 13.0 Å². The number of nitrogens with one attached hydrogen (secondary N) is 1. The molecule has 4 saturated carbocycles. The summed E-state index contributed by atoms with van der Waals surface area (Å²) < 4.78 is 28.7. The first-order valence-electron chi connectivity index (χ1n) is 11.0. The molecule has 1 N–H and O–H groups in total. The van der Waals surface area contributed by atoms with E-state index in [-0.39, 0.29) is 16.0 Å². The van der Waals surface area contributed by atoms with Gasteiger partial charge in [-0.15, -0.1) is 0 Å². The molecule has 2 aromatic rings. The average Bonchev–Trinajstić information content (AvgIpc) is 2.68. The van der Waals surface area contributed by atoms with E-state index in [1.54, 1.807) is 6.92 Å². The van der Waals surface area contributed by atoms with Gasteiger partial charge in [-0.3, -0.25) is 14.8 Å². The third-order valence-corrected chi connectivity index (χ3v) is 9.30. The fraction of sp³-hybridized carbons (Fsp3) is 0.500. The number of sulfonamides is 1. The van der Waals surface area contributed by atoms with Crippen molar-refractivity contribution >= 4 is 21.4 Å². The lowest BCUT2D eigenvalue weighted by molar-refractivity contribution is -0.385. The Morgan fingerprint density at radius 3 is 2.10 bits per heavy atom. The SMILES string of the molecule is Cc1cc(C23CC4CC(CC(C4)C2)C3)ccc1NS(=O)(=O)c1cc([N+](=O)[O-])ccc1C. The van der Waals surface area contributed by atoms with E-state index in [0.29, 0.717) is 11.3 Å². The average molecular weight is 441 g/mol. The van der Waals surface area contributed by atoms with E-state index in [0.717, 1.165) is 29.4 Å². The summed E-state index contributed by atoms with van der Waals surface area (Å²) in [6.45, 7) is 3.57. The highest BCUT2D eigenvalue weighted by Gasteiger charge is 2.51. The zero-order valence-electron chi connectivity index (χ0n) is 17.9. The molecule has 0 heterocycles. The summed E-state index contributed by atoms with van der Waals surface area (Å²) in [5.74, 6) is 2.55. The van der Waals surface area contributed by atoms with Crippen LogP contribution < -0.4 is 4.72 Å². The smallest absolute Gasteiger partial charge is 0.270 e. The van der Waals surface area contributed by atoms with Crippen LogP contribution in [0, 0.1) is 41.7 Å². The van der Waals surface area contributed by atoms with Crippen LogP contribution in [0.2, 0.25) is 0 Å². The Balaban J connectivity index is 1.44. The Morgan fingerprint density at radius 2 is 1.55 bits per heavy atom. The third-order valence-electron chi connectivity index (χ3n) is 7.79. The second-order valence-corrected chi connectivity index (χ2v) is 11.7. The van der Waals surface area contributed by atoms with E-state index in [2.05, 4.69) is 16.9 Å². The van der Waals surface area contributed by atoms with Crippen LogP contribution >= 0.6 is 0 Å². The number of anilines is 1. The molecule has 4 fully saturated rings. The molecule has 0 aliphatic heterocycles. The summed E-state index contributed by atoms with van der Waals surface area (Å²) in [6.07, 6.45) is 7.94. The number of hydrogen-bond acceptors (Lipinski definition) is 4. The van der Waals surface area contributed by atoms with E-state index < -0.39 is 14.9 Å². The first kappa shape index (κ1) is 20.5. The number of nitro benzene ring substituents is 1. The van der Waals surface area contributed by atoms with Gasteiger partial charge in [0, 0.05) is 12.1 Å². The Bertz CT molecular complexity index is 1140. The Kier molecular flexibility index (Phi) is 4.66. The quantitative estimate of drug-likeness (QED) is 0.492. The molecular formula is C24H28N2O4S. The Hall–Kier alpha value is -2.41. The van der Waals surface area contributed by atoms with Gasteiger partial charge in [0.1, 0.15) is 0 Å². The minimum absolute atomic E-state index is 0.0636. The minimum atomic E-state index is -3.93. The molecule has 0 saturated heterocycles. The molecule has 2 aromatic carbocycles. The third kappa shape index (κ3) is 3.53. The normalized spacial score (nSPS) is 29.2. The number of benzene rings is 2. The van der Waals surface area contributed by atoms with Gasteiger partial charge in [-0.05, 0) is 98.3 Å². The van der Waals surface area contributed by atoms with Crippen molar-refractivity contribution in [2.75, 3.05) is 4.72 Å². The van der Waals surface area contributed by atoms with Crippen molar-refractivity contribution in [2.24, 2.45) is 17.8 Å². The van der Waals surface area contributed by atoms with Gasteiger partial charge in [0.25, 0.3) is 15.7 Å². The van der Waals surface area contributed by atoms with Crippen LogP contribution in [0.1, 0.15) is 55.2 Å². The minimum Gasteiger partial charge on any atom is -0.279 e. The lowest BCUT2D eigenvalue weighted by Crippen LogP contribution is -2.48. The molecule has 0 radical (unpaired) electrons. The highest BCUT2D eigenvalue weighted by atomic mass is 32.2. The lowest BCUT2D eigenvalue weighted by atomic mass is 9.48. The largest absolute Gasteiger partial charge is 0.279 e. The molecule has 164 valence electrons. The van der Waals surface area contributed by atoms with E-state index in [4.69, 9.17) is 0 Å². The van der Waals surface area contributed by atoms with Crippen molar-refractivity contribution in [2.45, 2.75) is 62.7 Å². The number of nitrogens with zero attached hydrogens (tertiary/aromatic N) is 1. The van der Waals surface area contributed by atoms with Crippen molar-refractivity contribution in [1.29, 1.82) is 0 Å². The van der Waals surface area contributed by atoms with Crippen LogP contribution in [0.5, 0.6) is 0 Å². The highest BCUT2D eigenvalue weighted by Crippen LogP contribution is 2.60. The molecule has 6 rings (SSSR count). The molecule has 0 spiro atoms. The standard InChI is InChI=1S/C24H28N2O4S/c1-15-3-5-21(26(27)28)11-23(15)31(29,30)25-22-6-4-20(7-16(22)2)24-12-17-8-18(13-24)10-19(9-17)14-24/h3-7,11,17-19,25H,8-10,12-14H2,1-2H3. The zero-order chi connectivity index (χ0) is 22.0. The van der Waals surface area contributed by atoms with E-state index in [1.165, 1.54) is 56.2 Å². The first-order valence-corrected chi connectivity index (χ1v) is 12.5. The summed E-state index contributed by atoms with van der Waals surface area (Å²) in [5.41, 5.74) is 3.26. The van der Waals surface area contributed by atoms with Gasteiger partial charge in [0.05, 0.1) is 15.5 Å². The second kappa shape index (κ2) is 7.05. The predicted molar refractivity (Wildman–Crippen MR) is 120 cm³/mol. The van der Waals surface area contributed by atoms with Crippen LogP contribution in [0.25, 0.3) is 0 Å².